The summed E-state index contributed by atoms with van der Waals surface area (Å²) in [5.74, 6) is 0.0309. The number of ether oxygens (including phenoxy) is 1. The SMILES string of the molecule is O=C(NCc1ccc(F)c(Cl)c1)c1cccc(OC2CC2)c1. The summed E-state index contributed by atoms with van der Waals surface area (Å²) in [6.07, 6.45) is 2.43. The van der Waals surface area contributed by atoms with Crippen LogP contribution in [0.15, 0.2) is 42.5 Å². The van der Waals surface area contributed by atoms with Gasteiger partial charge in [0.05, 0.1) is 11.1 Å². The second-order valence-electron chi connectivity index (χ2n) is 5.28. The van der Waals surface area contributed by atoms with Crippen molar-refractivity contribution in [3.63, 3.8) is 0 Å². The Morgan fingerprint density at radius 2 is 2.09 bits per heavy atom. The zero-order valence-corrected chi connectivity index (χ0v) is 12.6. The van der Waals surface area contributed by atoms with Crippen LogP contribution < -0.4 is 10.1 Å². The number of hydrogen-bond donors (Lipinski definition) is 1. The average molecular weight is 320 g/mol. The number of carbonyl (C=O) groups is 1. The van der Waals surface area contributed by atoms with Crippen LogP contribution in [0.1, 0.15) is 28.8 Å². The molecule has 114 valence electrons. The Hall–Kier alpha value is -2.07. The smallest absolute Gasteiger partial charge is 0.251 e. The van der Waals surface area contributed by atoms with Crippen molar-refractivity contribution in [3.8, 4) is 5.75 Å². The molecule has 0 saturated heterocycles. The van der Waals surface area contributed by atoms with E-state index in [9.17, 15) is 9.18 Å². The van der Waals surface area contributed by atoms with Gasteiger partial charge in [0, 0.05) is 12.1 Å². The van der Waals surface area contributed by atoms with E-state index in [2.05, 4.69) is 5.32 Å². The molecule has 1 aliphatic carbocycles. The van der Waals surface area contributed by atoms with E-state index in [4.69, 9.17) is 16.3 Å². The van der Waals surface area contributed by atoms with Gasteiger partial charge < -0.3 is 10.1 Å². The summed E-state index contributed by atoms with van der Waals surface area (Å²) < 4.78 is 18.8. The molecule has 0 atom stereocenters. The van der Waals surface area contributed by atoms with Gasteiger partial charge in [-0.25, -0.2) is 4.39 Å². The third-order valence-electron chi connectivity index (χ3n) is 3.36. The Morgan fingerprint density at radius 3 is 2.82 bits per heavy atom. The topological polar surface area (TPSA) is 38.3 Å². The van der Waals surface area contributed by atoms with Crippen molar-refractivity contribution in [1.29, 1.82) is 0 Å². The van der Waals surface area contributed by atoms with Crippen LogP contribution in [0.5, 0.6) is 5.75 Å². The zero-order valence-electron chi connectivity index (χ0n) is 11.8. The molecule has 2 aromatic rings. The molecule has 0 aliphatic heterocycles. The highest BCUT2D eigenvalue weighted by Gasteiger charge is 2.23. The maximum Gasteiger partial charge on any atom is 0.251 e. The Morgan fingerprint density at radius 1 is 1.27 bits per heavy atom. The van der Waals surface area contributed by atoms with Gasteiger partial charge in [0.25, 0.3) is 5.91 Å². The van der Waals surface area contributed by atoms with Crippen LogP contribution in [-0.4, -0.2) is 12.0 Å². The van der Waals surface area contributed by atoms with E-state index >= 15 is 0 Å². The van der Waals surface area contributed by atoms with Crippen LogP contribution in [0.25, 0.3) is 0 Å². The molecule has 0 spiro atoms. The van der Waals surface area contributed by atoms with Crippen LogP contribution in [0.2, 0.25) is 5.02 Å². The third kappa shape index (κ3) is 3.77. The number of benzene rings is 2. The third-order valence-corrected chi connectivity index (χ3v) is 3.65. The van der Waals surface area contributed by atoms with Gasteiger partial charge in [-0.05, 0) is 48.7 Å². The molecule has 0 radical (unpaired) electrons. The van der Waals surface area contributed by atoms with Gasteiger partial charge in [0.15, 0.2) is 0 Å². The van der Waals surface area contributed by atoms with Crippen molar-refractivity contribution >= 4 is 17.5 Å². The summed E-state index contributed by atoms with van der Waals surface area (Å²) in [6.45, 7) is 0.284. The largest absolute Gasteiger partial charge is 0.490 e. The first-order valence-electron chi connectivity index (χ1n) is 7.10. The van der Waals surface area contributed by atoms with Gasteiger partial charge in [-0.1, -0.05) is 23.7 Å². The molecule has 1 N–H and O–H groups in total. The standard InChI is InChI=1S/C17H15ClFNO2/c18-15-8-11(4-7-16(15)19)10-20-17(21)12-2-1-3-14(9-12)22-13-5-6-13/h1-4,7-9,13H,5-6,10H2,(H,20,21). The Balaban J connectivity index is 1.62. The molecule has 3 rings (SSSR count). The minimum absolute atomic E-state index is 0.0478. The van der Waals surface area contributed by atoms with Crippen molar-refractivity contribution in [3.05, 3.63) is 64.4 Å². The highest BCUT2D eigenvalue weighted by Crippen LogP contribution is 2.27. The van der Waals surface area contributed by atoms with E-state index in [0.29, 0.717) is 17.4 Å². The lowest BCUT2D eigenvalue weighted by atomic mass is 10.2. The van der Waals surface area contributed by atoms with Crippen LogP contribution in [0.4, 0.5) is 4.39 Å². The summed E-state index contributed by atoms with van der Waals surface area (Å²) in [4.78, 5) is 12.1. The van der Waals surface area contributed by atoms with E-state index in [1.807, 2.05) is 6.07 Å². The highest BCUT2D eigenvalue weighted by molar-refractivity contribution is 6.30. The van der Waals surface area contributed by atoms with Crippen molar-refractivity contribution in [2.75, 3.05) is 0 Å². The van der Waals surface area contributed by atoms with Crippen molar-refractivity contribution in [1.82, 2.24) is 5.32 Å². The van der Waals surface area contributed by atoms with Crippen molar-refractivity contribution < 1.29 is 13.9 Å². The summed E-state index contributed by atoms with van der Waals surface area (Å²) in [5.41, 5.74) is 1.27. The maximum absolute atomic E-state index is 13.1. The molecule has 1 amide bonds. The average Bonchev–Trinajstić information content (AvgIpc) is 3.32. The predicted molar refractivity (Wildman–Crippen MR) is 82.7 cm³/mol. The zero-order chi connectivity index (χ0) is 15.5. The molecular formula is C17H15ClFNO2. The molecular weight excluding hydrogens is 305 g/mol. The molecule has 0 heterocycles. The molecule has 2 aromatic carbocycles. The molecule has 5 heteroatoms. The fourth-order valence-electron chi connectivity index (χ4n) is 2.02. The fourth-order valence-corrected chi connectivity index (χ4v) is 2.23. The Labute approximate surface area is 133 Å². The van der Waals surface area contributed by atoms with Crippen LogP contribution >= 0.6 is 11.6 Å². The first-order chi connectivity index (χ1) is 10.6. The lowest BCUT2D eigenvalue weighted by molar-refractivity contribution is 0.0950. The molecule has 1 fully saturated rings. The Bertz CT molecular complexity index is 701. The van der Waals surface area contributed by atoms with E-state index in [0.717, 1.165) is 18.4 Å². The second-order valence-corrected chi connectivity index (χ2v) is 5.68. The molecule has 22 heavy (non-hydrogen) atoms. The highest BCUT2D eigenvalue weighted by atomic mass is 35.5. The summed E-state index contributed by atoms with van der Waals surface area (Å²) in [5, 5.41) is 2.83. The first-order valence-corrected chi connectivity index (χ1v) is 7.48. The molecule has 3 nitrogen and oxygen atoms in total. The number of halogens is 2. The minimum Gasteiger partial charge on any atom is -0.490 e. The van der Waals surface area contributed by atoms with Gasteiger partial charge in [0.2, 0.25) is 0 Å². The minimum atomic E-state index is -0.471. The van der Waals surface area contributed by atoms with Gasteiger partial charge in [-0.15, -0.1) is 0 Å². The first kappa shape index (κ1) is 14.9. The number of rotatable bonds is 5. The summed E-state index contributed by atoms with van der Waals surface area (Å²) >= 11 is 5.72. The number of hydrogen-bond acceptors (Lipinski definition) is 2. The monoisotopic (exact) mass is 319 g/mol. The summed E-state index contributed by atoms with van der Waals surface area (Å²) in [6, 6.07) is 11.5. The van der Waals surface area contributed by atoms with Crippen molar-refractivity contribution in [2.45, 2.75) is 25.5 Å². The summed E-state index contributed by atoms with van der Waals surface area (Å²) in [7, 11) is 0. The molecule has 0 aromatic heterocycles. The van der Waals surface area contributed by atoms with Crippen LogP contribution in [0, 0.1) is 5.82 Å². The van der Waals surface area contributed by atoms with Crippen LogP contribution in [0.3, 0.4) is 0 Å². The van der Waals surface area contributed by atoms with Crippen molar-refractivity contribution in [2.24, 2.45) is 0 Å². The molecule has 0 bridgehead atoms. The van der Waals surface area contributed by atoms with Gasteiger partial charge in [-0.3, -0.25) is 4.79 Å². The normalized spacial score (nSPS) is 13.7. The van der Waals surface area contributed by atoms with E-state index in [1.165, 1.54) is 12.1 Å². The Kier molecular flexibility index (Phi) is 4.29. The predicted octanol–water partition coefficient (Wildman–Crippen LogP) is 3.95. The lowest BCUT2D eigenvalue weighted by Gasteiger charge is -2.08. The number of nitrogens with one attached hydrogen (secondary N) is 1. The van der Waals surface area contributed by atoms with E-state index in [1.54, 1.807) is 24.3 Å². The second kappa shape index (κ2) is 6.36. The van der Waals surface area contributed by atoms with Gasteiger partial charge in [-0.2, -0.15) is 0 Å². The fraction of sp³-hybridized carbons (Fsp3) is 0.235. The number of amides is 1. The van der Waals surface area contributed by atoms with Crippen LogP contribution in [-0.2, 0) is 6.54 Å². The lowest BCUT2D eigenvalue weighted by Crippen LogP contribution is -2.22. The maximum atomic E-state index is 13.1. The quantitative estimate of drug-likeness (QED) is 0.906. The molecule has 1 aliphatic rings. The number of carbonyl (C=O) groups excluding carboxylic acids is 1. The van der Waals surface area contributed by atoms with E-state index in [-0.39, 0.29) is 17.5 Å². The molecule has 1 saturated carbocycles. The van der Waals surface area contributed by atoms with E-state index < -0.39 is 5.82 Å². The molecule has 0 unspecified atom stereocenters. The van der Waals surface area contributed by atoms with Gasteiger partial charge >= 0.3 is 0 Å². The van der Waals surface area contributed by atoms with Gasteiger partial charge in [0.1, 0.15) is 11.6 Å².